The molecule has 0 aromatic heterocycles. The summed E-state index contributed by atoms with van der Waals surface area (Å²) in [7, 11) is 2.02. The zero-order chi connectivity index (χ0) is 14.3. The third-order valence-electron chi connectivity index (χ3n) is 3.42. The van der Waals surface area contributed by atoms with Crippen LogP contribution < -0.4 is 5.73 Å². The molecule has 1 fully saturated rings. The number of rotatable bonds is 10. The molecule has 0 amide bonds. The number of ether oxygens (including phenoxy) is 2. The van der Waals surface area contributed by atoms with Crippen molar-refractivity contribution in [1.82, 2.24) is 4.90 Å². The Balaban J connectivity index is 2.09. The van der Waals surface area contributed by atoms with Crippen LogP contribution in [0.25, 0.3) is 0 Å². The van der Waals surface area contributed by atoms with Crippen molar-refractivity contribution >= 4 is 5.97 Å². The van der Waals surface area contributed by atoms with E-state index in [1.54, 1.807) is 13.8 Å². The Morgan fingerprint density at radius 2 is 2.11 bits per heavy atom. The van der Waals surface area contributed by atoms with E-state index in [1.807, 2.05) is 7.05 Å². The van der Waals surface area contributed by atoms with Crippen molar-refractivity contribution in [3.8, 4) is 0 Å². The summed E-state index contributed by atoms with van der Waals surface area (Å²) < 4.78 is 10.5. The Hall–Kier alpha value is -0.650. The lowest BCUT2D eigenvalue weighted by atomic mass is 9.99. The van der Waals surface area contributed by atoms with Crippen LogP contribution in [-0.2, 0) is 14.3 Å². The van der Waals surface area contributed by atoms with Gasteiger partial charge in [0.2, 0.25) is 0 Å². The average molecular weight is 272 g/mol. The number of carbonyl (C=O) groups excluding carboxylic acids is 1. The van der Waals surface area contributed by atoms with Gasteiger partial charge in [0.15, 0.2) is 0 Å². The second-order valence-electron chi connectivity index (χ2n) is 5.71. The molecule has 0 heterocycles. The fraction of sp³-hybridized carbons (Fsp3) is 0.929. The third-order valence-corrected chi connectivity index (χ3v) is 3.42. The molecule has 112 valence electrons. The second kappa shape index (κ2) is 7.82. The summed E-state index contributed by atoms with van der Waals surface area (Å²) in [4.78, 5) is 13.8. The molecule has 0 bridgehead atoms. The highest BCUT2D eigenvalue weighted by Crippen LogP contribution is 2.28. The predicted molar refractivity (Wildman–Crippen MR) is 74.9 cm³/mol. The van der Waals surface area contributed by atoms with Gasteiger partial charge in [-0.15, -0.1) is 0 Å². The van der Waals surface area contributed by atoms with Gasteiger partial charge in [-0.1, -0.05) is 0 Å². The molecule has 5 heteroatoms. The minimum Gasteiger partial charge on any atom is -0.465 e. The molecule has 0 spiro atoms. The predicted octanol–water partition coefficient (Wildman–Crippen LogP) is 1.02. The first-order valence-corrected chi connectivity index (χ1v) is 7.18. The van der Waals surface area contributed by atoms with Gasteiger partial charge in [-0.2, -0.15) is 0 Å². The molecule has 5 nitrogen and oxygen atoms in total. The van der Waals surface area contributed by atoms with Crippen LogP contribution in [0.1, 0.15) is 33.1 Å². The van der Waals surface area contributed by atoms with E-state index in [1.165, 1.54) is 12.8 Å². The zero-order valence-electron chi connectivity index (χ0n) is 12.5. The van der Waals surface area contributed by atoms with E-state index in [0.717, 1.165) is 32.2 Å². The molecular weight excluding hydrogens is 244 g/mol. The molecular formula is C14H28N2O3. The first-order chi connectivity index (χ1) is 8.95. The van der Waals surface area contributed by atoms with Crippen molar-refractivity contribution in [2.24, 2.45) is 11.7 Å². The quantitative estimate of drug-likeness (QED) is 0.475. The summed E-state index contributed by atoms with van der Waals surface area (Å²) in [5.41, 5.74) is 5.06. The van der Waals surface area contributed by atoms with Gasteiger partial charge in [-0.3, -0.25) is 4.79 Å². The Morgan fingerprint density at radius 1 is 1.42 bits per heavy atom. The number of hydrogen-bond acceptors (Lipinski definition) is 5. The molecule has 0 saturated heterocycles. The van der Waals surface area contributed by atoms with E-state index in [0.29, 0.717) is 13.0 Å². The molecule has 1 aliphatic rings. The zero-order valence-corrected chi connectivity index (χ0v) is 12.5. The van der Waals surface area contributed by atoms with Crippen LogP contribution in [0.3, 0.4) is 0 Å². The summed E-state index contributed by atoms with van der Waals surface area (Å²) in [5, 5.41) is 0. The van der Waals surface area contributed by atoms with Crippen molar-refractivity contribution in [3.63, 3.8) is 0 Å². The number of carbonyl (C=O) groups is 1. The van der Waals surface area contributed by atoms with Crippen molar-refractivity contribution < 1.29 is 14.3 Å². The molecule has 19 heavy (non-hydrogen) atoms. The van der Waals surface area contributed by atoms with Crippen LogP contribution >= 0.6 is 0 Å². The standard InChI is InChI=1S/C14H28N2O3/c1-4-19-13(17)14(2,15)7-8-16(3)9-10-18-11-12-5-6-12/h12H,4-11,15H2,1-3H3. The summed E-state index contributed by atoms with van der Waals surface area (Å²) >= 11 is 0. The molecule has 1 unspecified atom stereocenters. The Morgan fingerprint density at radius 3 is 2.68 bits per heavy atom. The van der Waals surface area contributed by atoms with Crippen molar-refractivity contribution in [1.29, 1.82) is 0 Å². The molecule has 0 aliphatic heterocycles. The number of esters is 1. The van der Waals surface area contributed by atoms with Crippen molar-refractivity contribution in [3.05, 3.63) is 0 Å². The van der Waals surface area contributed by atoms with E-state index in [-0.39, 0.29) is 5.97 Å². The SMILES string of the molecule is CCOC(=O)C(C)(N)CCN(C)CCOCC1CC1. The first kappa shape index (κ1) is 16.4. The Kier molecular flexibility index (Phi) is 6.75. The van der Waals surface area contributed by atoms with E-state index in [9.17, 15) is 4.79 Å². The monoisotopic (exact) mass is 272 g/mol. The van der Waals surface area contributed by atoms with Crippen LogP contribution in [0.4, 0.5) is 0 Å². The van der Waals surface area contributed by atoms with Crippen molar-refractivity contribution in [2.45, 2.75) is 38.6 Å². The number of nitrogens with zero attached hydrogens (tertiary/aromatic N) is 1. The van der Waals surface area contributed by atoms with Gasteiger partial charge in [0, 0.05) is 19.7 Å². The molecule has 0 radical (unpaired) electrons. The highest BCUT2D eigenvalue weighted by Gasteiger charge is 2.29. The largest absolute Gasteiger partial charge is 0.465 e. The van der Waals surface area contributed by atoms with Crippen LogP contribution in [-0.4, -0.2) is 56.4 Å². The summed E-state index contributed by atoms with van der Waals surface area (Å²) in [6.45, 7) is 7.15. The fourth-order valence-electron chi connectivity index (χ4n) is 1.69. The number of likely N-dealkylation sites (N-methyl/N-ethyl adjacent to an activating group) is 1. The topological polar surface area (TPSA) is 64.8 Å². The normalized spacial score (nSPS) is 18.4. The lowest BCUT2D eigenvalue weighted by Crippen LogP contribution is -2.48. The van der Waals surface area contributed by atoms with E-state index in [4.69, 9.17) is 15.2 Å². The molecule has 1 atom stereocenters. The smallest absolute Gasteiger partial charge is 0.325 e. The lowest BCUT2D eigenvalue weighted by Gasteiger charge is -2.25. The van der Waals surface area contributed by atoms with Crippen LogP contribution in [0.15, 0.2) is 0 Å². The minimum absolute atomic E-state index is 0.326. The molecule has 1 rings (SSSR count). The first-order valence-electron chi connectivity index (χ1n) is 7.18. The van der Waals surface area contributed by atoms with Gasteiger partial charge in [0.1, 0.15) is 5.54 Å². The summed E-state index contributed by atoms with van der Waals surface area (Å²) in [6.07, 6.45) is 3.23. The second-order valence-corrected chi connectivity index (χ2v) is 5.71. The Labute approximate surface area is 116 Å². The van der Waals surface area contributed by atoms with E-state index >= 15 is 0 Å². The molecule has 1 aliphatic carbocycles. The molecule has 2 N–H and O–H groups in total. The van der Waals surface area contributed by atoms with Crippen LogP contribution in [0, 0.1) is 5.92 Å². The van der Waals surface area contributed by atoms with E-state index in [2.05, 4.69) is 4.90 Å². The highest BCUT2D eigenvalue weighted by molar-refractivity contribution is 5.79. The van der Waals surface area contributed by atoms with Gasteiger partial charge in [0.05, 0.1) is 13.2 Å². The van der Waals surface area contributed by atoms with Crippen molar-refractivity contribution in [2.75, 3.05) is 40.0 Å². The Bertz CT molecular complexity index is 278. The maximum atomic E-state index is 11.6. The third kappa shape index (κ3) is 6.89. The maximum absolute atomic E-state index is 11.6. The molecule has 0 aromatic carbocycles. The fourth-order valence-corrected chi connectivity index (χ4v) is 1.69. The lowest BCUT2D eigenvalue weighted by molar-refractivity contribution is -0.149. The van der Waals surface area contributed by atoms with Gasteiger partial charge in [-0.05, 0) is 46.1 Å². The summed E-state index contributed by atoms with van der Waals surface area (Å²) in [5.74, 6) is 0.481. The molecule has 1 saturated carbocycles. The van der Waals surface area contributed by atoms with Gasteiger partial charge >= 0.3 is 5.97 Å². The number of hydrogen-bond donors (Lipinski definition) is 1. The van der Waals surface area contributed by atoms with Gasteiger partial charge in [0.25, 0.3) is 0 Å². The van der Waals surface area contributed by atoms with E-state index < -0.39 is 5.54 Å². The van der Waals surface area contributed by atoms with Gasteiger partial charge < -0.3 is 20.1 Å². The molecule has 0 aromatic rings. The van der Waals surface area contributed by atoms with Crippen LogP contribution in [0.2, 0.25) is 0 Å². The summed E-state index contributed by atoms with van der Waals surface area (Å²) in [6, 6.07) is 0. The number of nitrogens with two attached hydrogens (primary N) is 1. The maximum Gasteiger partial charge on any atom is 0.325 e. The van der Waals surface area contributed by atoms with Crippen LogP contribution in [0.5, 0.6) is 0 Å². The van der Waals surface area contributed by atoms with Gasteiger partial charge in [-0.25, -0.2) is 0 Å². The highest BCUT2D eigenvalue weighted by atomic mass is 16.5. The minimum atomic E-state index is -0.904. The average Bonchev–Trinajstić information content (AvgIpc) is 3.16.